The predicted octanol–water partition coefficient (Wildman–Crippen LogP) is 3.63. The number of piperidine rings is 1. The number of likely N-dealkylation sites (tertiary alicyclic amines) is 1. The van der Waals surface area contributed by atoms with Crippen LogP contribution in [-0.2, 0) is 19.5 Å². The fourth-order valence-electron chi connectivity index (χ4n) is 4.57. The summed E-state index contributed by atoms with van der Waals surface area (Å²) in [6.45, 7) is 3.55. The number of benzene rings is 1. The van der Waals surface area contributed by atoms with Gasteiger partial charge in [-0.05, 0) is 49.8 Å². The van der Waals surface area contributed by atoms with Gasteiger partial charge in [-0.2, -0.15) is 13.2 Å². The number of aliphatic hydroxyl groups excluding tert-OH is 1. The zero-order chi connectivity index (χ0) is 26.2. The van der Waals surface area contributed by atoms with Crippen molar-refractivity contribution >= 4 is 27.5 Å². The van der Waals surface area contributed by atoms with E-state index in [0.717, 1.165) is 31.6 Å². The number of hydrogen-bond acceptors (Lipinski definition) is 5. The molecule has 0 spiro atoms. The second-order valence-corrected chi connectivity index (χ2v) is 10.2. The van der Waals surface area contributed by atoms with Gasteiger partial charge in [-0.25, -0.2) is 4.79 Å². The number of thiophene rings is 1. The molecular weight excluding hydrogens is 495 g/mol. The van der Waals surface area contributed by atoms with Gasteiger partial charge in [0.2, 0.25) is 0 Å². The first-order chi connectivity index (χ1) is 17.0. The largest absolute Gasteiger partial charge is 0.393 e. The molecule has 194 valence electrons. The number of aromatic nitrogens is 2. The molecule has 11 heteroatoms. The minimum atomic E-state index is -4.49. The molecule has 0 aliphatic carbocycles. The van der Waals surface area contributed by atoms with Crippen molar-refractivity contribution in [3.8, 4) is 0 Å². The number of alkyl halides is 3. The Bertz CT molecular complexity index is 1400. The van der Waals surface area contributed by atoms with E-state index in [2.05, 4.69) is 0 Å². The highest BCUT2D eigenvalue weighted by molar-refractivity contribution is 7.20. The highest BCUT2D eigenvalue weighted by Gasteiger charge is 2.31. The number of fused-ring (bicyclic) bond motifs is 1. The monoisotopic (exact) mass is 523 g/mol. The van der Waals surface area contributed by atoms with Crippen LogP contribution in [0.15, 0.2) is 33.9 Å². The highest BCUT2D eigenvalue weighted by atomic mass is 32.1. The Morgan fingerprint density at radius 1 is 1.08 bits per heavy atom. The van der Waals surface area contributed by atoms with E-state index in [4.69, 9.17) is 0 Å². The summed E-state index contributed by atoms with van der Waals surface area (Å²) in [6.07, 6.45) is -4.99. The molecule has 0 radical (unpaired) electrons. The summed E-state index contributed by atoms with van der Waals surface area (Å²) in [7, 11) is 0. The zero-order valence-corrected chi connectivity index (χ0v) is 20.9. The normalized spacial score (nSPS) is 15.1. The van der Waals surface area contributed by atoms with E-state index >= 15 is 0 Å². The molecule has 0 bridgehead atoms. The maximum Gasteiger partial charge on any atom is 0.390 e. The number of carbonyl (C=O) groups is 1. The van der Waals surface area contributed by atoms with E-state index in [0.29, 0.717) is 37.9 Å². The molecule has 1 aromatic carbocycles. The molecule has 3 aromatic rings. The Balaban J connectivity index is 1.81. The van der Waals surface area contributed by atoms with E-state index in [1.54, 1.807) is 11.8 Å². The molecule has 1 saturated heterocycles. The first-order valence-corrected chi connectivity index (χ1v) is 12.6. The molecule has 2 aromatic heterocycles. The Morgan fingerprint density at radius 3 is 2.39 bits per heavy atom. The van der Waals surface area contributed by atoms with Crippen LogP contribution in [0.2, 0.25) is 0 Å². The number of aliphatic hydroxyl groups is 1. The first-order valence-electron chi connectivity index (χ1n) is 11.8. The lowest BCUT2D eigenvalue weighted by Gasteiger charge is -2.29. The van der Waals surface area contributed by atoms with Gasteiger partial charge >= 0.3 is 11.9 Å². The van der Waals surface area contributed by atoms with Crippen molar-refractivity contribution in [1.82, 2.24) is 14.0 Å². The van der Waals surface area contributed by atoms with Crippen LogP contribution in [0, 0.1) is 13.8 Å². The minimum Gasteiger partial charge on any atom is -0.393 e. The zero-order valence-electron chi connectivity index (χ0n) is 20.1. The van der Waals surface area contributed by atoms with Gasteiger partial charge in [0.15, 0.2) is 0 Å². The number of amides is 1. The van der Waals surface area contributed by atoms with Gasteiger partial charge in [-0.3, -0.25) is 18.7 Å². The van der Waals surface area contributed by atoms with Crippen molar-refractivity contribution in [3.63, 3.8) is 0 Å². The molecule has 1 amide bonds. The summed E-state index contributed by atoms with van der Waals surface area (Å²) < 4.78 is 41.2. The fourth-order valence-corrected chi connectivity index (χ4v) is 5.85. The average molecular weight is 524 g/mol. The molecule has 1 aliphatic rings. The van der Waals surface area contributed by atoms with Gasteiger partial charge in [-0.1, -0.05) is 24.3 Å². The molecule has 0 unspecified atom stereocenters. The number of rotatable bonds is 6. The predicted molar refractivity (Wildman–Crippen MR) is 132 cm³/mol. The van der Waals surface area contributed by atoms with Gasteiger partial charge in [0.05, 0.1) is 22.8 Å². The molecule has 0 saturated carbocycles. The lowest BCUT2D eigenvalue weighted by molar-refractivity contribution is -0.136. The second-order valence-electron chi connectivity index (χ2n) is 9.19. The number of hydrogen-bond donors (Lipinski definition) is 1. The first kappa shape index (κ1) is 26.2. The summed E-state index contributed by atoms with van der Waals surface area (Å²) >= 11 is 0.886. The molecule has 1 N–H and O–H groups in total. The quantitative estimate of drug-likeness (QED) is 0.535. The summed E-state index contributed by atoms with van der Waals surface area (Å²) in [4.78, 5) is 41.9. The topological polar surface area (TPSA) is 84.5 Å². The number of nitrogens with zero attached hydrogens (tertiary/aromatic N) is 3. The summed E-state index contributed by atoms with van der Waals surface area (Å²) in [5.41, 5.74) is 0.855. The summed E-state index contributed by atoms with van der Waals surface area (Å²) in [5, 5.41) is 9.85. The third-order valence-electron chi connectivity index (χ3n) is 6.72. The van der Waals surface area contributed by atoms with Crippen molar-refractivity contribution in [2.75, 3.05) is 13.1 Å². The van der Waals surface area contributed by atoms with Crippen LogP contribution < -0.4 is 11.2 Å². The van der Waals surface area contributed by atoms with Crippen molar-refractivity contribution in [2.45, 2.75) is 64.9 Å². The third-order valence-corrected chi connectivity index (χ3v) is 8.03. The minimum absolute atomic E-state index is 0.00700. The van der Waals surface area contributed by atoms with Gasteiger partial charge in [0, 0.05) is 26.2 Å². The summed E-state index contributed by atoms with van der Waals surface area (Å²) in [5.74, 6) is -0.346. The molecule has 4 rings (SSSR count). The maximum absolute atomic E-state index is 13.5. The Hall–Kier alpha value is -2.92. The molecule has 1 fully saturated rings. The molecule has 0 atom stereocenters. The van der Waals surface area contributed by atoms with Gasteiger partial charge in [0.1, 0.15) is 4.83 Å². The number of aryl methyl sites for hydroxylation is 4. The molecule has 7 nitrogen and oxygen atoms in total. The molecule has 36 heavy (non-hydrogen) atoms. The highest BCUT2D eigenvalue weighted by Crippen LogP contribution is 2.31. The third kappa shape index (κ3) is 5.27. The van der Waals surface area contributed by atoms with Crippen LogP contribution in [0.25, 0.3) is 10.2 Å². The smallest absolute Gasteiger partial charge is 0.390 e. The Labute approximate surface area is 209 Å². The number of halogens is 3. The van der Waals surface area contributed by atoms with Crippen LogP contribution >= 0.6 is 11.3 Å². The van der Waals surface area contributed by atoms with Crippen molar-refractivity contribution in [3.05, 3.63) is 66.7 Å². The van der Waals surface area contributed by atoms with E-state index in [1.807, 2.05) is 31.2 Å². The Kier molecular flexibility index (Phi) is 7.42. The lowest BCUT2D eigenvalue weighted by atomic mass is 10.1. The van der Waals surface area contributed by atoms with Gasteiger partial charge in [0.25, 0.3) is 11.5 Å². The standard InChI is InChI=1S/C25H28F3N3O4S/c1-15-5-3-4-6-17(15)7-13-30-21(33)19-16(2)20(22(34)29-11-8-18(32)9-12-29)36-23(19)31(24(30)35)14-10-25(26,27)28/h3-6,18,32H,7-14H2,1-2H3. The van der Waals surface area contributed by atoms with E-state index < -0.39 is 36.5 Å². The number of carbonyl (C=O) groups excluding carboxylic acids is 1. The van der Waals surface area contributed by atoms with E-state index in [1.165, 1.54) is 0 Å². The van der Waals surface area contributed by atoms with Crippen LogP contribution in [0.1, 0.15) is 45.6 Å². The average Bonchev–Trinajstić information content (AvgIpc) is 3.16. The molecule has 1 aliphatic heterocycles. The van der Waals surface area contributed by atoms with Crippen LogP contribution in [-0.4, -0.2) is 50.4 Å². The van der Waals surface area contributed by atoms with E-state index in [-0.39, 0.29) is 27.5 Å². The summed E-state index contributed by atoms with van der Waals surface area (Å²) in [6, 6.07) is 7.50. The SMILES string of the molecule is Cc1ccccc1CCn1c(=O)c2c(C)c(C(=O)N3CCC(O)CC3)sc2n(CCC(F)(F)F)c1=O. The molecule has 3 heterocycles. The van der Waals surface area contributed by atoms with Crippen molar-refractivity contribution < 1.29 is 23.1 Å². The second kappa shape index (κ2) is 10.2. The van der Waals surface area contributed by atoms with Crippen molar-refractivity contribution in [2.24, 2.45) is 0 Å². The maximum atomic E-state index is 13.5. The Morgan fingerprint density at radius 2 is 1.75 bits per heavy atom. The van der Waals surface area contributed by atoms with Crippen LogP contribution in [0.4, 0.5) is 13.2 Å². The fraction of sp³-hybridized carbons (Fsp3) is 0.480. The van der Waals surface area contributed by atoms with Crippen LogP contribution in [0.5, 0.6) is 0 Å². The van der Waals surface area contributed by atoms with Gasteiger partial charge < -0.3 is 10.0 Å². The van der Waals surface area contributed by atoms with Gasteiger partial charge in [-0.15, -0.1) is 11.3 Å². The van der Waals surface area contributed by atoms with E-state index in [9.17, 15) is 32.7 Å². The lowest BCUT2D eigenvalue weighted by Crippen LogP contribution is -2.41. The van der Waals surface area contributed by atoms with Crippen molar-refractivity contribution in [1.29, 1.82) is 0 Å². The molecular formula is C25H28F3N3O4S. The van der Waals surface area contributed by atoms with Crippen LogP contribution in [0.3, 0.4) is 0 Å².